The minimum atomic E-state index is -4.27. The quantitative estimate of drug-likeness (QED) is 0.946. The van der Waals surface area contributed by atoms with Gasteiger partial charge in [-0.1, -0.05) is 12.1 Å². The Labute approximate surface area is 125 Å². The minimum absolute atomic E-state index is 0.0470. The first kappa shape index (κ1) is 15.1. The van der Waals surface area contributed by atoms with Crippen LogP contribution in [0.15, 0.2) is 29.1 Å². The van der Waals surface area contributed by atoms with Crippen LogP contribution in [0.5, 0.6) is 0 Å². The number of hydrogen-bond acceptors (Lipinski definition) is 2. The third kappa shape index (κ3) is 2.90. The second kappa shape index (κ2) is 5.79. The van der Waals surface area contributed by atoms with Crippen LogP contribution in [0, 0.1) is 0 Å². The number of nitrogens with one attached hydrogen (secondary N) is 1. The van der Waals surface area contributed by atoms with Crippen molar-refractivity contribution in [3.8, 4) is 0 Å². The smallest absolute Gasteiger partial charge is 0.317 e. The van der Waals surface area contributed by atoms with Gasteiger partial charge in [-0.15, -0.1) is 0 Å². The van der Waals surface area contributed by atoms with E-state index >= 15 is 0 Å². The maximum Gasteiger partial charge on any atom is 0.390 e. The van der Waals surface area contributed by atoms with Gasteiger partial charge in [-0.2, -0.15) is 13.2 Å². The van der Waals surface area contributed by atoms with Crippen molar-refractivity contribution in [3.05, 3.63) is 34.7 Å². The number of rotatable bonds is 3. The Balaban J connectivity index is 2.05. The Morgan fingerprint density at radius 1 is 1.14 bits per heavy atom. The van der Waals surface area contributed by atoms with E-state index in [4.69, 9.17) is 0 Å². The Morgan fingerprint density at radius 3 is 2.41 bits per heavy atom. The van der Waals surface area contributed by atoms with E-state index in [-0.39, 0.29) is 18.3 Å². The zero-order valence-corrected chi connectivity index (χ0v) is 12.1. The highest BCUT2D eigenvalue weighted by Gasteiger charge is 2.28. The van der Waals surface area contributed by atoms with Crippen molar-refractivity contribution in [2.24, 2.45) is 0 Å². The molecule has 0 unspecified atom stereocenters. The molecule has 1 aliphatic rings. The molecule has 2 aromatic rings. The van der Waals surface area contributed by atoms with Crippen LogP contribution >= 0.6 is 0 Å². The lowest BCUT2D eigenvalue weighted by molar-refractivity contribution is -0.136. The highest BCUT2D eigenvalue weighted by molar-refractivity contribution is 5.76. The molecule has 0 saturated carbocycles. The molecule has 1 fully saturated rings. The highest BCUT2D eigenvalue weighted by Crippen LogP contribution is 2.25. The van der Waals surface area contributed by atoms with E-state index in [1.54, 1.807) is 16.7 Å². The molecular weight excluding hydrogens is 295 g/mol. The fourth-order valence-corrected chi connectivity index (χ4v) is 3.10. The van der Waals surface area contributed by atoms with Gasteiger partial charge in [0.25, 0.3) is 0 Å². The van der Waals surface area contributed by atoms with Crippen molar-refractivity contribution >= 4 is 11.0 Å². The Kier molecular flexibility index (Phi) is 3.99. The molecule has 2 heterocycles. The molecule has 0 aliphatic carbocycles. The largest absolute Gasteiger partial charge is 0.390 e. The topological polar surface area (TPSA) is 39.0 Å². The van der Waals surface area contributed by atoms with E-state index in [0.717, 1.165) is 31.4 Å². The van der Waals surface area contributed by atoms with E-state index in [9.17, 15) is 18.0 Å². The molecule has 3 rings (SSSR count). The van der Waals surface area contributed by atoms with E-state index in [1.165, 1.54) is 4.57 Å². The van der Waals surface area contributed by atoms with Gasteiger partial charge >= 0.3 is 11.9 Å². The number of para-hydroxylation sites is 2. The van der Waals surface area contributed by atoms with Gasteiger partial charge in [-0.3, -0.25) is 9.13 Å². The standard InChI is InChI=1S/C15H18F3N3O/c16-15(17,18)7-10-20-12-3-1-2-4-13(12)21(14(20)22)11-5-8-19-9-6-11/h1-4,11,19H,5-10H2. The second-order valence-corrected chi connectivity index (χ2v) is 5.64. The fourth-order valence-electron chi connectivity index (χ4n) is 3.10. The van der Waals surface area contributed by atoms with Crippen LogP contribution in [0.25, 0.3) is 11.0 Å². The zero-order valence-electron chi connectivity index (χ0n) is 12.1. The average molecular weight is 313 g/mol. The second-order valence-electron chi connectivity index (χ2n) is 5.64. The Bertz CT molecular complexity index is 711. The lowest BCUT2D eigenvalue weighted by atomic mass is 10.1. The number of alkyl halides is 3. The molecule has 0 atom stereocenters. The summed E-state index contributed by atoms with van der Waals surface area (Å²) in [6.45, 7) is 1.30. The lowest BCUT2D eigenvalue weighted by Crippen LogP contribution is -2.35. The van der Waals surface area contributed by atoms with Gasteiger partial charge in [0.05, 0.1) is 17.5 Å². The summed E-state index contributed by atoms with van der Waals surface area (Å²) in [5, 5.41) is 3.23. The van der Waals surface area contributed by atoms with E-state index in [0.29, 0.717) is 5.52 Å². The van der Waals surface area contributed by atoms with Crippen LogP contribution in [0.3, 0.4) is 0 Å². The van der Waals surface area contributed by atoms with E-state index in [2.05, 4.69) is 5.32 Å². The number of imidazole rings is 1. The van der Waals surface area contributed by atoms with Crippen LogP contribution in [-0.2, 0) is 6.54 Å². The van der Waals surface area contributed by atoms with Crippen molar-refractivity contribution in [2.45, 2.75) is 38.0 Å². The van der Waals surface area contributed by atoms with Gasteiger partial charge in [-0.05, 0) is 38.1 Å². The summed E-state index contributed by atoms with van der Waals surface area (Å²) in [5.74, 6) is 0. The summed E-state index contributed by atoms with van der Waals surface area (Å²) in [4.78, 5) is 12.6. The van der Waals surface area contributed by atoms with E-state index < -0.39 is 12.6 Å². The predicted octanol–water partition coefficient (Wildman–Crippen LogP) is 2.68. The average Bonchev–Trinajstić information content (AvgIpc) is 2.77. The van der Waals surface area contributed by atoms with Crippen LogP contribution in [0.4, 0.5) is 13.2 Å². The summed E-state index contributed by atoms with van der Waals surface area (Å²) >= 11 is 0. The molecule has 0 spiro atoms. The van der Waals surface area contributed by atoms with Crippen LogP contribution in [0.2, 0.25) is 0 Å². The number of hydrogen-bond donors (Lipinski definition) is 1. The molecule has 22 heavy (non-hydrogen) atoms. The van der Waals surface area contributed by atoms with Crippen molar-refractivity contribution in [3.63, 3.8) is 0 Å². The number of piperidine rings is 1. The van der Waals surface area contributed by atoms with Crippen LogP contribution < -0.4 is 11.0 Å². The van der Waals surface area contributed by atoms with E-state index in [1.807, 2.05) is 12.1 Å². The third-order valence-corrected chi connectivity index (χ3v) is 4.16. The minimum Gasteiger partial charge on any atom is -0.317 e. The van der Waals surface area contributed by atoms with Crippen molar-refractivity contribution in [2.75, 3.05) is 13.1 Å². The molecule has 120 valence electrons. The normalized spacial score (nSPS) is 17.2. The first-order chi connectivity index (χ1) is 10.5. The molecule has 7 heteroatoms. The third-order valence-electron chi connectivity index (χ3n) is 4.16. The van der Waals surface area contributed by atoms with Gasteiger partial charge in [0, 0.05) is 12.6 Å². The van der Waals surface area contributed by atoms with Crippen LogP contribution in [-0.4, -0.2) is 28.4 Å². The van der Waals surface area contributed by atoms with Gasteiger partial charge in [0.2, 0.25) is 0 Å². The number of aryl methyl sites for hydroxylation is 1. The van der Waals surface area contributed by atoms with Gasteiger partial charge < -0.3 is 5.32 Å². The highest BCUT2D eigenvalue weighted by atomic mass is 19.4. The summed E-state index contributed by atoms with van der Waals surface area (Å²) in [5.41, 5.74) is 0.967. The number of aromatic nitrogens is 2. The van der Waals surface area contributed by atoms with Crippen molar-refractivity contribution in [1.82, 2.24) is 14.5 Å². The molecule has 1 saturated heterocycles. The molecule has 1 N–H and O–H groups in total. The molecule has 0 amide bonds. The monoisotopic (exact) mass is 313 g/mol. The van der Waals surface area contributed by atoms with Gasteiger partial charge in [0.15, 0.2) is 0 Å². The number of fused-ring (bicyclic) bond motifs is 1. The molecule has 4 nitrogen and oxygen atoms in total. The van der Waals surface area contributed by atoms with Gasteiger partial charge in [0.1, 0.15) is 0 Å². The maximum atomic E-state index is 12.6. The Hall–Kier alpha value is -1.76. The van der Waals surface area contributed by atoms with Crippen LogP contribution in [0.1, 0.15) is 25.3 Å². The predicted molar refractivity (Wildman–Crippen MR) is 78.0 cm³/mol. The zero-order chi connectivity index (χ0) is 15.7. The van der Waals surface area contributed by atoms with Crippen molar-refractivity contribution in [1.29, 1.82) is 0 Å². The molecule has 1 aliphatic heterocycles. The summed E-state index contributed by atoms with van der Waals surface area (Å²) < 4.78 is 40.4. The summed E-state index contributed by atoms with van der Waals surface area (Å²) in [6.07, 6.45) is -3.63. The maximum absolute atomic E-state index is 12.6. The fraction of sp³-hybridized carbons (Fsp3) is 0.533. The first-order valence-electron chi connectivity index (χ1n) is 7.44. The number of benzene rings is 1. The summed E-state index contributed by atoms with van der Waals surface area (Å²) in [6, 6.07) is 7.13. The molecule has 1 aromatic carbocycles. The molecule has 0 bridgehead atoms. The molecule has 1 aromatic heterocycles. The number of nitrogens with zero attached hydrogens (tertiary/aromatic N) is 2. The van der Waals surface area contributed by atoms with Gasteiger partial charge in [-0.25, -0.2) is 4.79 Å². The number of halogens is 3. The van der Waals surface area contributed by atoms with Crippen molar-refractivity contribution < 1.29 is 13.2 Å². The molecular formula is C15H18F3N3O. The first-order valence-corrected chi connectivity index (χ1v) is 7.44. The summed E-state index contributed by atoms with van der Waals surface area (Å²) in [7, 11) is 0. The molecule has 0 radical (unpaired) electrons. The Morgan fingerprint density at radius 2 is 1.77 bits per heavy atom. The lowest BCUT2D eigenvalue weighted by Gasteiger charge is -2.23. The SMILES string of the molecule is O=c1n(CCC(F)(F)F)c2ccccc2n1C1CCNCC1.